The van der Waals surface area contributed by atoms with Gasteiger partial charge in [-0.25, -0.2) is 0 Å². The fourth-order valence-electron chi connectivity index (χ4n) is 3.67. The van der Waals surface area contributed by atoms with Crippen molar-refractivity contribution in [2.45, 2.75) is 51.1 Å². The molecule has 0 bridgehead atoms. The predicted molar refractivity (Wildman–Crippen MR) is 122 cm³/mol. The molecule has 2 atom stereocenters. The molecule has 1 aliphatic carbocycles. The lowest BCUT2D eigenvalue weighted by atomic mass is 9.92. The molecular formula is C23H28N4O5. The number of hydrogen-bond donors (Lipinski definition) is 3. The number of nitrogens with zero attached hydrogens (tertiary/aromatic N) is 2. The molecule has 1 saturated carbocycles. The number of rotatable bonds is 9. The molecule has 0 heterocycles. The van der Waals surface area contributed by atoms with Crippen molar-refractivity contribution < 1.29 is 19.6 Å². The second kappa shape index (κ2) is 11.2. The number of nitro groups is 1. The first-order valence-electron chi connectivity index (χ1n) is 10.7. The lowest BCUT2D eigenvalue weighted by Crippen LogP contribution is -2.50. The van der Waals surface area contributed by atoms with Crippen LogP contribution in [0.2, 0.25) is 0 Å². The maximum Gasteiger partial charge on any atom is 0.323 e. The van der Waals surface area contributed by atoms with Crippen LogP contribution in [-0.2, 0) is 16.0 Å². The normalized spacial score (nSPS) is 18.2. The molecule has 0 amide bonds. The summed E-state index contributed by atoms with van der Waals surface area (Å²) in [5.41, 5.74) is 5.45. The summed E-state index contributed by atoms with van der Waals surface area (Å²) in [6, 6.07) is 12.2. The van der Waals surface area contributed by atoms with Crippen LogP contribution < -0.4 is 10.7 Å². The zero-order chi connectivity index (χ0) is 22.9. The van der Waals surface area contributed by atoms with E-state index >= 15 is 0 Å². The van der Waals surface area contributed by atoms with Crippen LogP contribution in [0.4, 0.5) is 11.4 Å². The highest BCUT2D eigenvalue weighted by molar-refractivity contribution is 5.91. The zero-order valence-corrected chi connectivity index (χ0v) is 18.0. The summed E-state index contributed by atoms with van der Waals surface area (Å²) in [4.78, 5) is 23.0. The van der Waals surface area contributed by atoms with Crippen molar-refractivity contribution in [1.82, 2.24) is 5.32 Å². The van der Waals surface area contributed by atoms with Gasteiger partial charge in [0.05, 0.1) is 22.9 Å². The van der Waals surface area contributed by atoms with Crippen molar-refractivity contribution in [3.8, 4) is 5.75 Å². The van der Waals surface area contributed by atoms with Crippen LogP contribution in [0.15, 0.2) is 53.6 Å². The molecular weight excluding hydrogens is 412 g/mol. The molecule has 0 saturated heterocycles. The summed E-state index contributed by atoms with van der Waals surface area (Å²) in [5.74, 6) is -0.151. The summed E-state index contributed by atoms with van der Waals surface area (Å²) < 4.78 is 5.28. The molecule has 3 rings (SSSR count). The molecule has 0 radical (unpaired) electrons. The Hall–Kier alpha value is -3.46. The van der Waals surface area contributed by atoms with Crippen molar-refractivity contribution >= 4 is 23.1 Å². The van der Waals surface area contributed by atoms with Crippen LogP contribution >= 0.6 is 0 Å². The van der Waals surface area contributed by atoms with Crippen molar-refractivity contribution in [2.75, 3.05) is 12.0 Å². The smallest absolute Gasteiger partial charge is 0.323 e. The summed E-state index contributed by atoms with van der Waals surface area (Å²) in [6.07, 6.45) is 4.07. The van der Waals surface area contributed by atoms with Crippen molar-refractivity contribution in [2.24, 2.45) is 5.10 Å². The molecule has 170 valence electrons. The Labute approximate surface area is 186 Å². The summed E-state index contributed by atoms with van der Waals surface area (Å²) in [6.45, 7) is 2.07. The molecule has 0 aliphatic heterocycles. The maximum atomic E-state index is 12.6. The van der Waals surface area contributed by atoms with E-state index in [2.05, 4.69) is 15.8 Å². The van der Waals surface area contributed by atoms with E-state index in [1.165, 1.54) is 12.1 Å². The summed E-state index contributed by atoms with van der Waals surface area (Å²) in [7, 11) is 0. The van der Waals surface area contributed by atoms with Gasteiger partial charge in [0.1, 0.15) is 11.8 Å². The SMILES string of the molecule is CCOC(=O)[C@H](Cc1ccc(O)cc1)N[C@H]1CCCC/C1=N\Nc1ccc([N+](=O)[O-])cc1. The molecule has 32 heavy (non-hydrogen) atoms. The second-order valence-corrected chi connectivity index (χ2v) is 7.66. The first-order valence-corrected chi connectivity index (χ1v) is 10.7. The Balaban J connectivity index is 1.72. The minimum absolute atomic E-state index is 0.0203. The number of esters is 1. The molecule has 0 unspecified atom stereocenters. The van der Waals surface area contributed by atoms with E-state index in [0.717, 1.165) is 37.0 Å². The van der Waals surface area contributed by atoms with E-state index in [1.807, 2.05) is 0 Å². The van der Waals surface area contributed by atoms with Gasteiger partial charge in [-0.3, -0.25) is 25.7 Å². The first kappa shape index (κ1) is 23.2. The van der Waals surface area contributed by atoms with Crippen LogP contribution in [0.25, 0.3) is 0 Å². The van der Waals surface area contributed by atoms with E-state index in [-0.39, 0.29) is 23.4 Å². The van der Waals surface area contributed by atoms with Crippen LogP contribution in [0, 0.1) is 10.1 Å². The number of phenolic OH excluding ortho intramolecular Hbond substituents is 1. The zero-order valence-electron chi connectivity index (χ0n) is 18.0. The number of aromatic hydroxyl groups is 1. The lowest BCUT2D eigenvalue weighted by Gasteiger charge is -2.29. The van der Waals surface area contributed by atoms with Crippen molar-refractivity contribution in [3.05, 3.63) is 64.2 Å². The highest BCUT2D eigenvalue weighted by atomic mass is 16.6. The molecule has 0 spiro atoms. The molecule has 9 heteroatoms. The Morgan fingerprint density at radius 3 is 2.59 bits per heavy atom. The number of carbonyl (C=O) groups is 1. The summed E-state index contributed by atoms with van der Waals surface area (Å²) in [5, 5.41) is 28.3. The minimum Gasteiger partial charge on any atom is -0.508 e. The number of non-ortho nitro benzene ring substituents is 1. The number of anilines is 1. The van der Waals surface area contributed by atoms with Crippen LogP contribution in [0.1, 0.15) is 38.2 Å². The van der Waals surface area contributed by atoms with E-state index in [4.69, 9.17) is 4.74 Å². The van der Waals surface area contributed by atoms with Gasteiger partial charge >= 0.3 is 5.97 Å². The fourth-order valence-corrected chi connectivity index (χ4v) is 3.67. The maximum absolute atomic E-state index is 12.6. The number of hydrazone groups is 1. The Morgan fingerprint density at radius 2 is 1.94 bits per heavy atom. The fraction of sp³-hybridized carbons (Fsp3) is 0.391. The average molecular weight is 441 g/mol. The Kier molecular flexibility index (Phi) is 8.15. The van der Waals surface area contributed by atoms with E-state index in [0.29, 0.717) is 18.7 Å². The van der Waals surface area contributed by atoms with Crippen LogP contribution in [0.3, 0.4) is 0 Å². The second-order valence-electron chi connectivity index (χ2n) is 7.66. The molecule has 0 aromatic heterocycles. The lowest BCUT2D eigenvalue weighted by molar-refractivity contribution is -0.384. The number of phenols is 1. The first-order chi connectivity index (χ1) is 15.5. The molecule has 2 aromatic carbocycles. The number of nitro benzene ring substituents is 1. The molecule has 9 nitrogen and oxygen atoms in total. The monoisotopic (exact) mass is 440 g/mol. The van der Waals surface area contributed by atoms with Gasteiger partial charge in [-0.1, -0.05) is 18.6 Å². The van der Waals surface area contributed by atoms with E-state index < -0.39 is 11.0 Å². The van der Waals surface area contributed by atoms with E-state index in [1.54, 1.807) is 43.3 Å². The number of carbonyl (C=O) groups excluding carboxylic acids is 1. The van der Waals surface area contributed by atoms with Gasteiger partial charge in [0.2, 0.25) is 0 Å². The number of ether oxygens (including phenoxy) is 1. The minimum atomic E-state index is -0.549. The summed E-state index contributed by atoms with van der Waals surface area (Å²) >= 11 is 0. The van der Waals surface area contributed by atoms with Crippen molar-refractivity contribution in [1.29, 1.82) is 0 Å². The molecule has 2 aromatic rings. The molecule has 3 N–H and O–H groups in total. The van der Waals surface area contributed by atoms with Gasteiger partial charge in [0.25, 0.3) is 5.69 Å². The van der Waals surface area contributed by atoms with Gasteiger partial charge in [0, 0.05) is 18.2 Å². The largest absolute Gasteiger partial charge is 0.508 e. The number of nitrogens with one attached hydrogen (secondary N) is 2. The number of hydrogen-bond acceptors (Lipinski definition) is 8. The van der Waals surface area contributed by atoms with Gasteiger partial charge in [-0.2, -0.15) is 5.10 Å². The van der Waals surface area contributed by atoms with Gasteiger partial charge in [-0.15, -0.1) is 0 Å². The quantitative estimate of drug-likeness (QED) is 0.308. The van der Waals surface area contributed by atoms with Crippen LogP contribution in [0.5, 0.6) is 5.75 Å². The highest BCUT2D eigenvalue weighted by Crippen LogP contribution is 2.20. The standard InChI is InChI=1S/C23H28N4O5/c1-2-32-23(29)22(15-16-7-13-19(28)14-8-16)24-20-5-3-4-6-21(20)26-25-17-9-11-18(12-10-17)27(30)31/h7-14,20,22,24-25,28H,2-6,15H2,1H3/b26-21+/t20-,22-/m0/s1. The third-order valence-corrected chi connectivity index (χ3v) is 5.33. The molecule has 1 fully saturated rings. The Morgan fingerprint density at radius 1 is 1.22 bits per heavy atom. The predicted octanol–water partition coefficient (Wildman–Crippen LogP) is 3.77. The third-order valence-electron chi connectivity index (χ3n) is 5.33. The van der Waals surface area contributed by atoms with Gasteiger partial charge in [0.15, 0.2) is 0 Å². The van der Waals surface area contributed by atoms with E-state index in [9.17, 15) is 20.0 Å². The Bertz CT molecular complexity index is 944. The van der Waals surface area contributed by atoms with Gasteiger partial charge in [-0.05, 0) is 62.4 Å². The topological polar surface area (TPSA) is 126 Å². The molecule has 1 aliphatic rings. The average Bonchev–Trinajstić information content (AvgIpc) is 2.80. The van der Waals surface area contributed by atoms with Crippen molar-refractivity contribution in [3.63, 3.8) is 0 Å². The van der Waals surface area contributed by atoms with Gasteiger partial charge < -0.3 is 9.84 Å². The van der Waals surface area contributed by atoms with Crippen LogP contribution in [-0.4, -0.2) is 40.4 Å². The highest BCUT2D eigenvalue weighted by Gasteiger charge is 2.28. The number of benzene rings is 2. The third kappa shape index (κ3) is 6.52.